The molecule has 18 heavy (non-hydrogen) atoms. The van der Waals surface area contributed by atoms with Crippen molar-refractivity contribution in [2.45, 2.75) is 49.9 Å². The molecule has 2 fully saturated rings. The Bertz CT molecular complexity index is 451. The number of halogens is 3. The van der Waals surface area contributed by atoms with E-state index in [0.717, 1.165) is 17.3 Å². The highest BCUT2D eigenvalue weighted by molar-refractivity contribution is 9.10. The smallest absolute Gasteiger partial charge is 0.126 e. The summed E-state index contributed by atoms with van der Waals surface area (Å²) in [4.78, 5) is 0. The number of nitrogens with one attached hydrogen (secondary N) is 1. The summed E-state index contributed by atoms with van der Waals surface area (Å²) in [5, 5.41) is 3.41. The molecular formula is C14H16BrF2N. The number of hydrogen-bond donors (Lipinski definition) is 1. The molecule has 2 unspecified atom stereocenters. The first-order valence-corrected chi connectivity index (χ1v) is 7.22. The van der Waals surface area contributed by atoms with Gasteiger partial charge in [-0.25, -0.2) is 8.78 Å². The molecule has 2 bridgehead atoms. The minimum atomic E-state index is -1.25. The van der Waals surface area contributed by atoms with Gasteiger partial charge in [0.25, 0.3) is 0 Å². The highest BCUT2D eigenvalue weighted by Crippen LogP contribution is 2.39. The molecule has 2 aliphatic heterocycles. The largest absolute Gasteiger partial charge is 0.311 e. The van der Waals surface area contributed by atoms with Gasteiger partial charge in [-0.3, -0.25) is 0 Å². The van der Waals surface area contributed by atoms with E-state index >= 15 is 0 Å². The Hall–Kier alpha value is -0.480. The maximum absolute atomic E-state index is 14.9. The third-order valence-corrected chi connectivity index (χ3v) is 4.57. The topological polar surface area (TPSA) is 12.0 Å². The molecule has 2 aliphatic rings. The van der Waals surface area contributed by atoms with Crippen LogP contribution in [0.2, 0.25) is 0 Å². The second-order valence-corrected chi connectivity index (χ2v) is 6.53. The van der Waals surface area contributed by atoms with Crippen LogP contribution in [0, 0.1) is 5.82 Å². The van der Waals surface area contributed by atoms with Crippen LogP contribution < -0.4 is 5.32 Å². The lowest BCUT2D eigenvalue weighted by Gasteiger charge is -2.35. The molecule has 0 aromatic heterocycles. The number of hydrogen-bond acceptors (Lipinski definition) is 1. The summed E-state index contributed by atoms with van der Waals surface area (Å²) in [6.07, 6.45) is 3.31. The Labute approximate surface area is 114 Å². The molecule has 2 atom stereocenters. The first-order valence-electron chi connectivity index (χ1n) is 6.43. The van der Waals surface area contributed by atoms with E-state index in [0.29, 0.717) is 18.4 Å². The standard InChI is InChI=1S/C14H16BrF2N/c15-10-1-4-13(16)9(5-10)6-14(17)7-11-2-3-12(8-14)18-11/h1,4-5,11-12,18H,2-3,6-8H2. The van der Waals surface area contributed by atoms with Crippen molar-refractivity contribution >= 4 is 15.9 Å². The van der Waals surface area contributed by atoms with Crippen molar-refractivity contribution < 1.29 is 8.78 Å². The first-order chi connectivity index (χ1) is 8.54. The Morgan fingerprint density at radius 1 is 1.28 bits per heavy atom. The zero-order valence-corrected chi connectivity index (χ0v) is 11.6. The van der Waals surface area contributed by atoms with Crippen LogP contribution in [0.5, 0.6) is 0 Å². The zero-order valence-electron chi connectivity index (χ0n) is 10.1. The molecule has 0 saturated carbocycles. The van der Waals surface area contributed by atoms with Gasteiger partial charge < -0.3 is 5.32 Å². The van der Waals surface area contributed by atoms with Crippen LogP contribution in [0.3, 0.4) is 0 Å². The van der Waals surface area contributed by atoms with Crippen molar-refractivity contribution in [2.24, 2.45) is 0 Å². The molecule has 0 radical (unpaired) electrons. The van der Waals surface area contributed by atoms with Crippen LogP contribution in [-0.4, -0.2) is 17.8 Å². The average Bonchev–Trinajstić information content (AvgIpc) is 2.64. The summed E-state index contributed by atoms with van der Waals surface area (Å²) in [6, 6.07) is 5.31. The molecule has 1 nitrogen and oxygen atoms in total. The van der Waals surface area contributed by atoms with Crippen molar-refractivity contribution in [2.75, 3.05) is 0 Å². The van der Waals surface area contributed by atoms with Crippen molar-refractivity contribution in [3.8, 4) is 0 Å². The fourth-order valence-corrected chi connectivity index (χ4v) is 3.76. The van der Waals surface area contributed by atoms with Crippen molar-refractivity contribution in [3.05, 3.63) is 34.1 Å². The summed E-state index contributed by atoms with van der Waals surface area (Å²) >= 11 is 3.31. The van der Waals surface area contributed by atoms with Crippen molar-refractivity contribution in [3.63, 3.8) is 0 Å². The molecule has 2 saturated heterocycles. The number of rotatable bonds is 2. The zero-order chi connectivity index (χ0) is 12.8. The number of fused-ring (bicyclic) bond motifs is 2. The van der Waals surface area contributed by atoms with E-state index in [2.05, 4.69) is 21.2 Å². The van der Waals surface area contributed by atoms with Crippen molar-refractivity contribution in [1.29, 1.82) is 0 Å². The maximum atomic E-state index is 14.9. The fraction of sp³-hybridized carbons (Fsp3) is 0.571. The van der Waals surface area contributed by atoms with E-state index in [9.17, 15) is 8.78 Å². The summed E-state index contributed by atoms with van der Waals surface area (Å²) in [7, 11) is 0. The Morgan fingerprint density at radius 2 is 1.94 bits per heavy atom. The normalized spacial score (nSPS) is 34.8. The Kier molecular flexibility index (Phi) is 3.18. The summed E-state index contributed by atoms with van der Waals surface area (Å²) in [6.45, 7) is 0. The lowest BCUT2D eigenvalue weighted by atomic mass is 9.84. The average molecular weight is 316 g/mol. The molecular weight excluding hydrogens is 300 g/mol. The van der Waals surface area contributed by atoms with Gasteiger partial charge >= 0.3 is 0 Å². The quantitative estimate of drug-likeness (QED) is 0.876. The van der Waals surface area contributed by atoms with Crippen LogP contribution in [0.15, 0.2) is 22.7 Å². The highest BCUT2D eigenvalue weighted by Gasteiger charge is 2.44. The number of benzene rings is 1. The van der Waals surface area contributed by atoms with Crippen LogP contribution >= 0.6 is 15.9 Å². The third kappa shape index (κ3) is 2.45. The minimum absolute atomic E-state index is 0.187. The molecule has 2 heterocycles. The van der Waals surface area contributed by atoms with Crippen molar-refractivity contribution in [1.82, 2.24) is 5.32 Å². The SMILES string of the molecule is Fc1ccc(Br)cc1CC1(F)CC2CCC(C1)N2. The predicted molar refractivity (Wildman–Crippen MR) is 70.8 cm³/mol. The third-order valence-electron chi connectivity index (χ3n) is 4.07. The minimum Gasteiger partial charge on any atom is -0.311 e. The summed E-state index contributed by atoms with van der Waals surface area (Å²) < 4.78 is 29.4. The van der Waals surface area contributed by atoms with Gasteiger partial charge in [-0.05, 0) is 49.4 Å². The predicted octanol–water partition coefficient (Wildman–Crippen LogP) is 3.75. The lowest BCUT2D eigenvalue weighted by molar-refractivity contribution is 0.0883. The van der Waals surface area contributed by atoms with Gasteiger partial charge in [0.1, 0.15) is 11.5 Å². The maximum Gasteiger partial charge on any atom is 0.126 e. The highest BCUT2D eigenvalue weighted by atomic mass is 79.9. The van der Waals surface area contributed by atoms with E-state index in [1.165, 1.54) is 6.07 Å². The molecule has 1 N–H and O–H groups in total. The van der Waals surface area contributed by atoms with E-state index in [4.69, 9.17) is 0 Å². The molecule has 1 aromatic carbocycles. The number of alkyl halides is 1. The Balaban J connectivity index is 1.81. The van der Waals surface area contributed by atoms with Crippen LogP contribution in [0.4, 0.5) is 8.78 Å². The lowest BCUT2D eigenvalue weighted by Crippen LogP contribution is -2.47. The van der Waals surface area contributed by atoms with Gasteiger partial charge in [-0.1, -0.05) is 15.9 Å². The van der Waals surface area contributed by atoms with Crippen LogP contribution in [0.1, 0.15) is 31.2 Å². The van der Waals surface area contributed by atoms with Crippen LogP contribution in [0.25, 0.3) is 0 Å². The molecule has 0 spiro atoms. The Morgan fingerprint density at radius 3 is 2.61 bits per heavy atom. The second kappa shape index (κ2) is 4.57. The van der Waals surface area contributed by atoms with Gasteiger partial charge in [0.2, 0.25) is 0 Å². The van der Waals surface area contributed by atoms with Gasteiger partial charge in [-0.15, -0.1) is 0 Å². The summed E-state index contributed by atoms with van der Waals surface area (Å²) in [5.41, 5.74) is -0.771. The molecule has 1 aromatic rings. The van der Waals surface area contributed by atoms with E-state index in [-0.39, 0.29) is 24.3 Å². The first kappa shape index (κ1) is 12.5. The van der Waals surface area contributed by atoms with Gasteiger partial charge in [-0.2, -0.15) is 0 Å². The van der Waals surface area contributed by atoms with E-state index < -0.39 is 5.67 Å². The van der Waals surface area contributed by atoms with Gasteiger partial charge in [0.15, 0.2) is 0 Å². The second-order valence-electron chi connectivity index (χ2n) is 5.61. The molecule has 3 rings (SSSR count). The van der Waals surface area contributed by atoms with Gasteiger partial charge in [0.05, 0.1) is 0 Å². The van der Waals surface area contributed by atoms with E-state index in [1.807, 2.05) is 0 Å². The molecule has 98 valence electrons. The van der Waals surface area contributed by atoms with Gasteiger partial charge in [0, 0.05) is 23.0 Å². The summed E-state index contributed by atoms with van der Waals surface area (Å²) in [5.74, 6) is -0.305. The van der Waals surface area contributed by atoms with E-state index in [1.54, 1.807) is 12.1 Å². The molecule has 0 aliphatic carbocycles. The van der Waals surface area contributed by atoms with Crippen LogP contribution in [-0.2, 0) is 6.42 Å². The molecule has 0 amide bonds. The number of piperidine rings is 1. The monoisotopic (exact) mass is 315 g/mol. The fourth-order valence-electron chi connectivity index (χ4n) is 3.36. The molecule has 4 heteroatoms.